The first kappa shape index (κ1) is 13.0. The summed E-state index contributed by atoms with van der Waals surface area (Å²) in [5, 5.41) is 3.36. The third kappa shape index (κ3) is 2.63. The molecule has 0 saturated carbocycles. The van der Waals surface area contributed by atoms with Gasteiger partial charge in [-0.15, -0.1) is 0 Å². The molecule has 0 unspecified atom stereocenters. The van der Waals surface area contributed by atoms with Crippen LogP contribution in [0.1, 0.15) is 6.92 Å². The van der Waals surface area contributed by atoms with Crippen molar-refractivity contribution in [1.29, 1.82) is 0 Å². The molecular formula is C15H20N4O. The normalized spacial score (nSPS) is 15.3. The number of piperazine rings is 1. The van der Waals surface area contributed by atoms with E-state index in [-0.39, 0.29) is 0 Å². The molecule has 3 rings (SSSR count). The molecule has 1 N–H and O–H groups in total. The van der Waals surface area contributed by atoms with E-state index >= 15 is 0 Å². The standard InChI is InChI=1S/C15H20N4O/c1-2-20-14-5-3-13(4-6-14)19-12-9-17-15(19)18-10-7-16-8-11-18/h3-6,9,12,16H,2,7-8,10-11H2,1H3. The van der Waals surface area contributed by atoms with E-state index in [4.69, 9.17) is 4.74 Å². The van der Waals surface area contributed by atoms with Crippen LogP contribution in [0.2, 0.25) is 0 Å². The predicted octanol–water partition coefficient (Wildman–Crippen LogP) is 1.68. The summed E-state index contributed by atoms with van der Waals surface area (Å²) in [5.74, 6) is 1.91. The number of imidazole rings is 1. The Balaban J connectivity index is 1.84. The Morgan fingerprint density at radius 3 is 2.65 bits per heavy atom. The van der Waals surface area contributed by atoms with Gasteiger partial charge in [0, 0.05) is 44.3 Å². The highest BCUT2D eigenvalue weighted by molar-refractivity contribution is 5.45. The van der Waals surface area contributed by atoms with E-state index in [0.717, 1.165) is 43.6 Å². The van der Waals surface area contributed by atoms with Crippen molar-refractivity contribution in [3.05, 3.63) is 36.7 Å². The second-order valence-corrected chi connectivity index (χ2v) is 4.76. The largest absolute Gasteiger partial charge is 0.494 e. The fraction of sp³-hybridized carbons (Fsp3) is 0.400. The Bertz CT molecular complexity index is 543. The molecule has 106 valence electrons. The molecule has 0 bridgehead atoms. The van der Waals surface area contributed by atoms with E-state index in [9.17, 15) is 0 Å². The van der Waals surface area contributed by atoms with E-state index < -0.39 is 0 Å². The first-order valence-corrected chi connectivity index (χ1v) is 7.10. The Morgan fingerprint density at radius 1 is 1.20 bits per heavy atom. The van der Waals surface area contributed by atoms with Crippen LogP contribution in [-0.4, -0.2) is 42.3 Å². The van der Waals surface area contributed by atoms with Crippen molar-refractivity contribution in [2.45, 2.75) is 6.92 Å². The van der Waals surface area contributed by atoms with Gasteiger partial charge in [0.2, 0.25) is 5.95 Å². The number of anilines is 1. The van der Waals surface area contributed by atoms with Gasteiger partial charge in [0.05, 0.1) is 6.61 Å². The zero-order valence-corrected chi connectivity index (χ0v) is 11.7. The number of rotatable bonds is 4. The zero-order valence-electron chi connectivity index (χ0n) is 11.7. The first-order chi connectivity index (χ1) is 9.88. The monoisotopic (exact) mass is 272 g/mol. The molecule has 1 aromatic carbocycles. The Labute approximate surface area is 119 Å². The lowest BCUT2D eigenvalue weighted by Gasteiger charge is -2.28. The van der Waals surface area contributed by atoms with Crippen molar-refractivity contribution < 1.29 is 4.74 Å². The van der Waals surface area contributed by atoms with Crippen molar-refractivity contribution in [2.75, 3.05) is 37.7 Å². The van der Waals surface area contributed by atoms with Gasteiger partial charge in [-0.05, 0) is 31.2 Å². The SMILES string of the molecule is CCOc1ccc(-n2ccnc2N2CCNCC2)cc1. The van der Waals surface area contributed by atoms with E-state index in [0.29, 0.717) is 6.61 Å². The highest BCUT2D eigenvalue weighted by Gasteiger charge is 2.15. The molecule has 0 radical (unpaired) electrons. The molecule has 2 aromatic rings. The second-order valence-electron chi connectivity index (χ2n) is 4.76. The third-order valence-corrected chi connectivity index (χ3v) is 3.45. The fourth-order valence-electron chi connectivity index (χ4n) is 2.47. The number of aromatic nitrogens is 2. The maximum absolute atomic E-state index is 5.48. The maximum atomic E-state index is 5.48. The van der Waals surface area contributed by atoms with Crippen molar-refractivity contribution >= 4 is 5.95 Å². The number of hydrogen-bond donors (Lipinski definition) is 1. The molecule has 0 atom stereocenters. The smallest absolute Gasteiger partial charge is 0.210 e. The van der Waals surface area contributed by atoms with Crippen LogP contribution in [0.3, 0.4) is 0 Å². The molecule has 0 amide bonds. The summed E-state index contributed by atoms with van der Waals surface area (Å²) >= 11 is 0. The lowest BCUT2D eigenvalue weighted by atomic mass is 10.3. The topological polar surface area (TPSA) is 42.3 Å². The summed E-state index contributed by atoms with van der Waals surface area (Å²) in [6.07, 6.45) is 3.86. The van der Waals surface area contributed by atoms with Crippen LogP contribution in [0.15, 0.2) is 36.7 Å². The van der Waals surface area contributed by atoms with Gasteiger partial charge in [-0.3, -0.25) is 4.57 Å². The molecule has 1 aromatic heterocycles. The van der Waals surface area contributed by atoms with Crippen LogP contribution in [0.4, 0.5) is 5.95 Å². The van der Waals surface area contributed by atoms with Gasteiger partial charge in [-0.2, -0.15) is 0 Å². The van der Waals surface area contributed by atoms with E-state index in [1.807, 2.05) is 31.5 Å². The third-order valence-electron chi connectivity index (χ3n) is 3.45. The average molecular weight is 272 g/mol. The van der Waals surface area contributed by atoms with Gasteiger partial charge in [-0.25, -0.2) is 4.98 Å². The lowest BCUT2D eigenvalue weighted by Crippen LogP contribution is -2.44. The molecule has 1 aliphatic heterocycles. The van der Waals surface area contributed by atoms with Crippen molar-refractivity contribution in [1.82, 2.24) is 14.9 Å². The molecule has 0 spiro atoms. The molecule has 20 heavy (non-hydrogen) atoms. The maximum Gasteiger partial charge on any atom is 0.210 e. The minimum Gasteiger partial charge on any atom is -0.494 e. The predicted molar refractivity (Wildman–Crippen MR) is 79.8 cm³/mol. The number of hydrogen-bond acceptors (Lipinski definition) is 4. The van der Waals surface area contributed by atoms with E-state index in [1.165, 1.54) is 0 Å². The Hall–Kier alpha value is -2.01. The molecule has 1 fully saturated rings. The van der Waals surface area contributed by atoms with Crippen molar-refractivity contribution in [2.24, 2.45) is 0 Å². The van der Waals surface area contributed by atoms with Gasteiger partial charge in [0.25, 0.3) is 0 Å². The minimum absolute atomic E-state index is 0.691. The molecular weight excluding hydrogens is 252 g/mol. The molecule has 2 heterocycles. The lowest BCUT2D eigenvalue weighted by molar-refractivity contribution is 0.340. The minimum atomic E-state index is 0.691. The van der Waals surface area contributed by atoms with E-state index in [2.05, 4.69) is 31.9 Å². The summed E-state index contributed by atoms with van der Waals surface area (Å²) in [4.78, 5) is 6.82. The van der Waals surface area contributed by atoms with E-state index in [1.54, 1.807) is 0 Å². The van der Waals surface area contributed by atoms with Crippen molar-refractivity contribution in [3.8, 4) is 11.4 Å². The second kappa shape index (κ2) is 5.96. The molecule has 0 aliphatic carbocycles. The zero-order chi connectivity index (χ0) is 13.8. The fourth-order valence-corrected chi connectivity index (χ4v) is 2.47. The Kier molecular flexibility index (Phi) is 3.87. The van der Waals surface area contributed by atoms with Gasteiger partial charge < -0.3 is 15.0 Å². The summed E-state index contributed by atoms with van der Waals surface area (Å²) in [5.41, 5.74) is 1.11. The number of ether oxygens (including phenoxy) is 1. The molecule has 5 heteroatoms. The summed E-state index contributed by atoms with van der Waals surface area (Å²) in [7, 11) is 0. The van der Waals surface area contributed by atoms with Crippen LogP contribution in [0, 0.1) is 0 Å². The number of nitrogens with one attached hydrogen (secondary N) is 1. The van der Waals surface area contributed by atoms with Crippen LogP contribution in [-0.2, 0) is 0 Å². The van der Waals surface area contributed by atoms with Crippen LogP contribution in [0.5, 0.6) is 5.75 Å². The number of nitrogens with zero attached hydrogens (tertiary/aromatic N) is 3. The van der Waals surface area contributed by atoms with Crippen LogP contribution >= 0.6 is 0 Å². The van der Waals surface area contributed by atoms with Gasteiger partial charge in [0.15, 0.2) is 0 Å². The van der Waals surface area contributed by atoms with Crippen LogP contribution in [0.25, 0.3) is 5.69 Å². The number of benzene rings is 1. The van der Waals surface area contributed by atoms with Crippen LogP contribution < -0.4 is 15.0 Å². The highest BCUT2D eigenvalue weighted by atomic mass is 16.5. The summed E-state index contributed by atoms with van der Waals surface area (Å²) in [6.45, 7) is 6.69. The van der Waals surface area contributed by atoms with Gasteiger partial charge in [-0.1, -0.05) is 0 Å². The summed E-state index contributed by atoms with van der Waals surface area (Å²) in [6, 6.07) is 8.14. The molecule has 1 aliphatic rings. The molecule has 1 saturated heterocycles. The highest BCUT2D eigenvalue weighted by Crippen LogP contribution is 2.21. The summed E-state index contributed by atoms with van der Waals surface area (Å²) < 4.78 is 7.61. The quantitative estimate of drug-likeness (QED) is 0.919. The average Bonchev–Trinajstić information content (AvgIpc) is 2.99. The Morgan fingerprint density at radius 2 is 1.95 bits per heavy atom. The van der Waals surface area contributed by atoms with Crippen molar-refractivity contribution in [3.63, 3.8) is 0 Å². The molecule has 5 nitrogen and oxygen atoms in total. The first-order valence-electron chi connectivity index (χ1n) is 7.10. The van der Waals surface area contributed by atoms with Gasteiger partial charge in [0.1, 0.15) is 5.75 Å². The van der Waals surface area contributed by atoms with Gasteiger partial charge >= 0.3 is 0 Å².